The largest absolute Gasteiger partial charge is 0.455 e. The number of hydrogen-bond acceptors (Lipinski definition) is 3. The maximum Gasteiger partial charge on any atom is 0.287 e. The van der Waals surface area contributed by atoms with Gasteiger partial charge in [-0.2, -0.15) is 0 Å². The van der Waals surface area contributed by atoms with E-state index >= 15 is 0 Å². The van der Waals surface area contributed by atoms with Gasteiger partial charge >= 0.3 is 0 Å². The first-order valence-corrected chi connectivity index (χ1v) is 10.9. The number of furan rings is 1. The van der Waals surface area contributed by atoms with Crippen LogP contribution in [0.1, 0.15) is 38.6 Å². The number of carbonyl (C=O) groups excluding carboxylic acids is 1. The summed E-state index contributed by atoms with van der Waals surface area (Å²) < 4.78 is 5.91. The monoisotopic (exact) mass is 424 g/mol. The van der Waals surface area contributed by atoms with Crippen LogP contribution in [0.15, 0.2) is 101 Å². The molecule has 3 aromatic carbocycles. The molecule has 0 saturated heterocycles. The van der Waals surface area contributed by atoms with Gasteiger partial charge in [-0.05, 0) is 35.7 Å². The summed E-state index contributed by atoms with van der Waals surface area (Å²) in [5.41, 5.74) is 4.80. The normalized spacial score (nSPS) is 10.9. The van der Waals surface area contributed by atoms with E-state index in [-0.39, 0.29) is 5.91 Å². The van der Waals surface area contributed by atoms with Crippen molar-refractivity contribution in [3.8, 4) is 0 Å². The topological polar surface area (TPSA) is 45.5 Å². The molecule has 0 aliphatic heterocycles. The van der Waals surface area contributed by atoms with Crippen molar-refractivity contribution in [3.05, 3.63) is 131 Å². The van der Waals surface area contributed by atoms with Gasteiger partial charge in [-0.1, -0.05) is 90.5 Å². The standard InChI is InChI=1S/C28H28N2O2/c1-22-12-14-25(15-13-22)20-30(19-24-10-6-3-7-11-24)21-26-16-17-27(32-26)28(31)29-18-23-8-4-2-5-9-23/h2-17H,18-21H2,1H3,(H,29,31). The van der Waals surface area contributed by atoms with Crippen molar-refractivity contribution in [1.82, 2.24) is 10.2 Å². The van der Waals surface area contributed by atoms with E-state index in [1.165, 1.54) is 16.7 Å². The molecule has 1 N–H and O–H groups in total. The van der Waals surface area contributed by atoms with E-state index in [1.54, 1.807) is 6.07 Å². The molecular weight excluding hydrogens is 396 g/mol. The lowest BCUT2D eigenvalue weighted by molar-refractivity contribution is 0.0918. The van der Waals surface area contributed by atoms with Gasteiger partial charge in [0.25, 0.3) is 5.91 Å². The van der Waals surface area contributed by atoms with Crippen molar-refractivity contribution < 1.29 is 9.21 Å². The Morgan fingerprint density at radius 1 is 0.719 bits per heavy atom. The molecule has 0 saturated carbocycles. The zero-order chi connectivity index (χ0) is 22.2. The van der Waals surface area contributed by atoms with Crippen LogP contribution in [0.2, 0.25) is 0 Å². The Labute approximate surface area is 189 Å². The fraction of sp³-hybridized carbons (Fsp3) is 0.179. The molecule has 0 unspecified atom stereocenters. The number of benzene rings is 3. The van der Waals surface area contributed by atoms with Gasteiger partial charge in [0.15, 0.2) is 5.76 Å². The van der Waals surface area contributed by atoms with Gasteiger partial charge in [-0.15, -0.1) is 0 Å². The molecule has 0 spiro atoms. The summed E-state index contributed by atoms with van der Waals surface area (Å²) in [7, 11) is 0. The maximum atomic E-state index is 12.5. The molecule has 1 heterocycles. The molecule has 0 aliphatic rings. The number of aryl methyl sites for hydroxylation is 1. The molecule has 32 heavy (non-hydrogen) atoms. The van der Waals surface area contributed by atoms with E-state index in [2.05, 4.69) is 65.7 Å². The molecule has 4 nitrogen and oxygen atoms in total. The highest BCUT2D eigenvalue weighted by Crippen LogP contribution is 2.17. The van der Waals surface area contributed by atoms with Crippen molar-refractivity contribution >= 4 is 5.91 Å². The lowest BCUT2D eigenvalue weighted by atomic mass is 10.1. The number of nitrogens with zero attached hydrogens (tertiary/aromatic N) is 1. The van der Waals surface area contributed by atoms with Crippen molar-refractivity contribution in [2.45, 2.75) is 33.1 Å². The van der Waals surface area contributed by atoms with Crippen LogP contribution in [0.4, 0.5) is 0 Å². The minimum atomic E-state index is -0.201. The van der Waals surface area contributed by atoms with Crippen molar-refractivity contribution in [2.24, 2.45) is 0 Å². The Morgan fingerprint density at radius 3 is 1.97 bits per heavy atom. The molecule has 1 aromatic heterocycles. The Balaban J connectivity index is 1.42. The minimum absolute atomic E-state index is 0.201. The zero-order valence-corrected chi connectivity index (χ0v) is 18.3. The lowest BCUT2D eigenvalue weighted by Gasteiger charge is -2.21. The van der Waals surface area contributed by atoms with Crippen LogP contribution < -0.4 is 5.32 Å². The Bertz CT molecular complexity index is 1120. The Morgan fingerprint density at radius 2 is 1.31 bits per heavy atom. The molecule has 0 radical (unpaired) electrons. The average Bonchev–Trinajstić information content (AvgIpc) is 3.29. The molecular formula is C28H28N2O2. The third kappa shape index (κ3) is 6.19. The quantitative estimate of drug-likeness (QED) is 0.374. The van der Waals surface area contributed by atoms with Crippen molar-refractivity contribution in [3.63, 3.8) is 0 Å². The number of nitrogens with one attached hydrogen (secondary N) is 1. The van der Waals surface area contributed by atoms with E-state index in [1.807, 2.05) is 42.5 Å². The van der Waals surface area contributed by atoms with Gasteiger partial charge in [0.1, 0.15) is 5.76 Å². The number of amides is 1. The molecule has 0 aliphatic carbocycles. The van der Waals surface area contributed by atoms with Crippen LogP contribution in [0.5, 0.6) is 0 Å². The molecule has 0 fully saturated rings. The first-order chi connectivity index (χ1) is 15.7. The second-order valence-electron chi connectivity index (χ2n) is 8.05. The van der Waals surface area contributed by atoms with Crippen molar-refractivity contribution in [2.75, 3.05) is 0 Å². The molecule has 4 rings (SSSR count). The predicted octanol–water partition coefficient (Wildman–Crippen LogP) is 5.72. The van der Waals surface area contributed by atoms with Gasteiger partial charge in [0.05, 0.1) is 6.54 Å². The smallest absolute Gasteiger partial charge is 0.287 e. The van der Waals surface area contributed by atoms with Gasteiger partial charge in [-0.3, -0.25) is 9.69 Å². The molecule has 0 atom stereocenters. The second kappa shape index (κ2) is 10.6. The minimum Gasteiger partial charge on any atom is -0.455 e. The van der Waals surface area contributed by atoms with Crippen LogP contribution in [-0.4, -0.2) is 10.8 Å². The second-order valence-corrected chi connectivity index (χ2v) is 8.05. The summed E-state index contributed by atoms with van der Waals surface area (Å²) in [6.45, 7) is 4.78. The molecule has 162 valence electrons. The molecule has 0 bridgehead atoms. The van der Waals surface area contributed by atoms with Crippen LogP contribution in [0.25, 0.3) is 0 Å². The van der Waals surface area contributed by atoms with E-state index in [9.17, 15) is 4.79 Å². The van der Waals surface area contributed by atoms with Crippen molar-refractivity contribution in [1.29, 1.82) is 0 Å². The highest BCUT2D eigenvalue weighted by atomic mass is 16.4. The molecule has 4 aromatic rings. The average molecular weight is 425 g/mol. The molecule has 1 amide bonds. The summed E-state index contributed by atoms with van der Waals surface area (Å²) >= 11 is 0. The summed E-state index contributed by atoms with van der Waals surface area (Å²) in [6, 6.07) is 32.5. The summed E-state index contributed by atoms with van der Waals surface area (Å²) in [5, 5.41) is 2.92. The fourth-order valence-electron chi connectivity index (χ4n) is 3.63. The molecule has 4 heteroatoms. The van der Waals surface area contributed by atoms with Gasteiger partial charge in [0, 0.05) is 19.6 Å². The van der Waals surface area contributed by atoms with E-state index in [4.69, 9.17) is 4.42 Å². The zero-order valence-electron chi connectivity index (χ0n) is 18.3. The summed E-state index contributed by atoms with van der Waals surface area (Å²) in [6.07, 6.45) is 0. The highest BCUT2D eigenvalue weighted by Gasteiger charge is 2.14. The van der Waals surface area contributed by atoms with E-state index in [0.29, 0.717) is 18.8 Å². The Kier molecular flexibility index (Phi) is 7.15. The highest BCUT2D eigenvalue weighted by molar-refractivity contribution is 5.91. The third-order valence-electron chi connectivity index (χ3n) is 5.34. The summed E-state index contributed by atoms with van der Waals surface area (Å²) in [5.74, 6) is 0.914. The Hall–Kier alpha value is -3.63. The number of rotatable bonds is 9. The fourth-order valence-corrected chi connectivity index (χ4v) is 3.63. The van der Waals surface area contributed by atoms with Crippen LogP contribution in [0, 0.1) is 6.92 Å². The predicted molar refractivity (Wildman–Crippen MR) is 127 cm³/mol. The van der Waals surface area contributed by atoms with Crippen LogP contribution >= 0.6 is 0 Å². The van der Waals surface area contributed by atoms with Gasteiger partial charge < -0.3 is 9.73 Å². The third-order valence-corrected chi connectivity index (χ3v) is 5.34. The number of carbonyl (C=O) groups is 1. The van der Waals surface area contributed by atoms with E-state index in [0.717, 1.165) is 24.4 Å². The van der Waals surface area contributed by atoms with E-state index < -0.39 is 0 Å². The lowest BCUT2D eigenvalue weighted by Crippen LogP contribution is -2.23. The first kappa shape index (κ1) is 21.6. The van der Waals surface area contributed by atoms with Crippen LogP contribution in [-0.2, 0) is 26.2 Å². The first-order valence-electron chi connectivity index (χ1n) is 10.9. The summed E-state index contributed by atoms with van der Waals surface area (Å²) in [4.78, 5) is 14.8. The number of hydrogen-bond donors (Lipinski definition) is 1. The maximum absolute atomic E-state index is 12.5. The van der Waals surface area contributed by atoms with Gasteiger partial charge in [-0.25, -0.2) is 0 Å². The van der Waals surface area contributed by atoms with Gasteiger partial charge in [0.2, 0.25) is 0 Å². The van der Waals surface area contributed by atoms with Crippen LogP contribution in [0.3, 0.4) is 0 Å². The SMILES string of the molecule is Cc1ccc(CN(Cc2ccccc2)Cc2ccc(C(=O)NCc3ccccc3)o2)cc1.